The van der Waals surface area contributed by atoms with E-state index >= 15 is 0 Å². The first kappa shape index (κ1) is 25.9. The maximum Gasteiger partial charge on any atom is 0.325 e. The fourth-order valence-corrected chi connectivity index (χ4v) is 4.04. The molecule has 0 spiro atoms. The Hall–Kier alpha value is -4.21. The minimum absolute atomic E-state index is 0.0961. The molecule has 1 heterocycles. The fourth-order valence-electron chi connectivity index (χ4n) is 3.91. The molecule has 4 rings (SSSR count). The lowest BCUT2D eigenvalue weighted by Gasteiger charge is -2.26. The summed E-state index contributed by atoms with van der Waals surface area (Å²) in [5, 5.41) is 30.2. The van der Waals surface area contributed by atoms with Crippen LogP contribution in [0, 0.1) is 0 Å². The summed E-state index contributed by atoms with van der Waals surface area (Å²) in [6.45, 7) is -0.694. The summed E-state index contributed by atoms with van der Waals surface area (Å²) in [6, 6.07) is 22.8. The van der Waals surface area contributed by atoms with Crippen molar-refractivity contribution in [2.75, 3.05) is 32.1 Å². The fraction of sp³-hybridized carbons (Fsp3) is 0.185. The molecule has 0 fully saturated rings. The zero-order valence-corrected chi connectivity index (χ0v) is 21.1. The van der Waals surface area contributed by atoms with Gasteiger partial charge in [0.1, 0.15) is 12.3 Å². The number of aliphatic carboxylic acids is 1. The van der Waals surface area contributed by atoms with Crippen LogP contribution >= 0.6 is 11.6 Å². The highest BCUT2D eigenvalue weighted by molar-refractivity contribution is 6.30. The van der Waals surface area contributed by atoms with Crippen LogP contribution in [0.1, 0.15) is 21.5 Å². The Bertz CT molecular complexity index is 1340. The zero-order chi connectivity index (χ0) is 26.6. The van der Waals surface area contributed by atoms with Crippen molar-refractivity contribution in [2.24, 2.45) is 10.1 Å². The van der Waals surface area contributed by atoms with E-state index in [0.717, 1.165) is 5.69 Å². The number of hydrogen-bond acceptors (Lipinski definition) is 6. The number of halogens is 1. The van der Waals surface area contributed by atoms with E-state index in [-0.39, 0.29) is 12.5 Å². The lowest BCUT2D eigenvalue weighted by Crippen LogP contribution is -2.45. The van der Waals surface area contributed by atoms with Gasteiger partial charge in [0.05, 0.1) is 6.54 Å². The van der Waals surface area contributed by atoms with Crippen LogP contribution in [0.4, 0.5) is 5.69 Å². The van der Waals surface area contributed by atoms with E-state index in [0.29, 0.717) is 27.4 Å². The van der Waals surface area contributed by atoms with Crippen molar-refractivity contribution in [1.29, 1.82) is 0 Å². The summed E-state index contributed by atoms with van der Waals surface area (Å²) in [5.41, 5.74) is 1.31. The molecule has 1 aliphatic rings. The van der Waals surface area contributed by atoms with Gasteiger partial charge < -0.3 is 15.1 Å². The minimum Gasteiger partial charge on any atom is -0.480 e. The molecular formula is C27H26ClN5O4. The average Bonchev–Trinajstić information content (AvgIpc) is 3.25. The van der Waals surface area contributed by atoms with Crippen molar-refractivity contribution >= 4 is 40.8 Å². The third-order valence-corrected chi connectivity index (χ3v) is 6.09. The predicted molar refractivity (Wildman–Crippen MR) is 143 cm³/mol. The van der Waals surface area contributed by atoms with Gasteiger partial charge in [-0.15, -0.1) is 0 Å². The molecule has 0 saturated carbocycles. The third kappa shape index (κ3) is 5.79. The Labute approximate surface area is 219 Å². The summed E-state index contributed by atoms with van der Waals surface area (Å²) in [4.78, 5) is 30.2. The summed E-state index contributed by atoms with van der Waals surface area (Å²) in [5.74, 6) is -1.81. The van der Waals surface area contributed by atoms with Crippen LogP contribution in [0.5, 0.6) is 0 Å². The predicted octanol–water partition coefficient (Wildman–Crippen LogP) is 3.18. The summed E-state index contributed by atoms with van der Waals surface area (Å²) in [7, 11) is 3.86. The molecule has 0 radical (unpaired) electrons. The monoisotopic (exact) mass is 519 g/mol. The van der Waals surface area contributed by atoms with Gasteiger partial charge in [0.2, 0.25) is 5.96 Å². The molecule has 1 unspecified atom stereocenters. The molecule has 1 atom stereocenters. The van der Waals surface area contributed by atoms with Crippen molar-refractivity contribution in [3.05, 3.63) is 101 Å². The number of nitrogens with zero attached hydrogens (tertiary/aromatic N) is 4. The second kappa shape index (κ2) is 10.8. The van der Waals surface area contributed by atoms with Crippen LogP contribution in [-0.4, -0.2) is 66.0 Å². The molecule has 3 aromatic rings. The second-order valence-electron chi connectivity index (χ2n) is 8.67. The van der Waals surface area contributed by atoms with Gasteiger partial charge in [-0.05, 0) is 42.0 Å². The number of carboxylic acid groups (broad SMARTS) is 1. The highest BCUT2D eigenvalue weighted by atomic mass is 35.5. The van der Waals surface area contributed by atoms with Crippen LogP contribution in [0.3, 0.4) is 0 Å². The maximum absolute atomic E-state index is 12.9. The molecule has 37 heavy (non-hydrogen) atoms. The van der Waals surface area contributed by atoms with Gasteiger partial charge in [0.15, 0.2) is 5.60 Å². The van der Waals surface area contributed by atoms with Crippen LogP contribution in [0.15, 0.2) is 89.0 Å². The lowest BCUT2D eigenvalue weighted by atomic mass is 9.86. The molecule has 1 aliphatic heterocycles. The number of amides is 1. The van der Waals surface area contributed by atoms with E-state index in [4.69, 9.17) is 11.6 Å². The number of benzene rings is 3. The number of nitrogens with one attached hydrogen (secondary N) is 1. The Morgan fingerprint density at radius 1 is 1.05 bits per heavy atom. The molecule has 10 heteroatoms. The van der Waals surface area contributed by atoms with E-state index in [1.807, 2.05) is 61.5 Å². The number of carbonyl (C=O) groups excluding carboxylic acids is 1. The molecule has 190 valence electrons. The molecule has 0 aliphatic carbocycles. The number of anilines is 1. The lowest BCUT2D eigenvalue weighted by molar-refractivity contribution is -0.135. The van der Waals surface area contributed by atoms with Gasteiger partial charge in [0.25, 0.3) is 5.91 Å². The van der Waals surface area contributed by atoms with E-state index in [1.54, 1.807) is 24.3 Å². The largest absolute Gasteiger partial charge is 0.480 e. The zero-order valence-electron chi connectivity index (χ0n) is 20.3. The first-order valence-electron chi connectivity index (χ1n) is 11.4. The van der Waals surface area contributed by atoms with Crippen LogP contribution in [0.2, 0.25) is 5.02 Å². The number of guanidine groups is 1. The summed E-state index contributed by atoms with van der Waals surface area (Å²) >= 11 is 5.92. The average molecular weight is 520 g/mol. The Morgan fingerprint density at radius 2 is 1.70 bits per heavy atom. The van der Waals surface area contributed by atoms with E-state index in [9.17, 15) is 19.8 Å². The first-order valence-corrected chi connectivity index (χ1v) is 11.8. The normalized spacial score (nSPS) is 17.4. The van der Waals surface area contributed by atoms with Crippen molar-refractivity contribution in [2.45, 2.75) is 5.60 Å². The smallest absolute Gasteiger partial charge is 0.325 e. The third-order valence-electron chi connectivity index (χ3n) is 5.84. The molecular weight excluding hydrogens is 494 g/mol. The molecule has 3 aromatic carbocycles. The number of rotatable bonds is 6. The number of hydrogen-bond donors (Lipinski definition) is 3. The number of β-amino-alcohol motifs (C(OH)–C–C–N with tert-alkyl or cyclic N) is 1. The SMILES string of the molecule is CN(C)c1ccc(C2=NN(C(=NCC(=O)O)NC(=O)c3ccc(Cl)cc3)CC2(O)c2ccccc2)cc1. The summed E-state index contributed by atoms with van der Waals surface area (Å²) < 4.78 is 0. The van der Waals surface area contributed by atoms with Gasteiger partial charge in [-0.25, -0.2) is 10.0 Å². The quantitative estimate of drug-likeness (QED) is 0.340. The number of aliphatic hydroxyl groups is 1. The van der Waals surface area contributed by atoms with E-state index < -0.39 is 24.0 Å². The second-order valence-corrected chi connectivity index (χ2v) is 9.10. The number of hydrazone groups is 1. The minimum atomic E-state index is -1.56. The van der Waals surface area contributed by atoms with Gasteiger partial charge >= 0.3 is 5.97 Å². The summed E-state index contributed by atoms with van der Waals surface area (Å²) in [6.07, 6.45) is 0. The van der Waals surface area contributed by atoms with E-state index in [2.05, 4.69) is 15.4 Å². The number of aliphatic imine (C=N–C) groups is 1. The standard InChI is InChI=1S/C27H26ClN5O4/c1-32(2)22-14-10-18(11-15-22)24-27(37,20-6-4-3-5-7-20)17-33(31-24)26(29-16-23(34)35)30-25(36)19-8-12-21(28)13-9-19/h3-15,37H,16-17H2,1-2H3,(H,34,35)(H,29,30,36). The molecule has 1 amide bonds. The van der Waals surface area contributed by atoms with Gasteiger partial charge in [0, 0.05) is 35.9 Å². The topological polar surface area (TPSA) is 118 Å². The molecule has 9 nitrogen and oxygen atoms in total. The maximum atomic E-state index is 12.9. The van der Waals surface area contributed by atoms with E-state index in [1.165, 1.54) is 17.1 Å². The van der Waals surface area contributed by atoms with Gasteiger partial charge in [-0.2, -0.15) is 5.10 Å². The highest BCUT2D eigenvalue weighted by Crippen LogP contribution is 2.33. The molecule has 0 aromatic heterocycles. The van der Waals surface area contributed by atoms with Crippen molar-refractivity contribution in [3.63, 3.8) is 0 Å². The molecule has 3 N–H and O–H groups in total. The molecule has 0 saturated heterocycles. The van der Waals surface area contributed by atoms with Crippen molar-refractivity contribution < 1.29 is 19.8 Å². The Morgan fingerprint density at radius 3 is 2.30 bits per heavy atom. The van der Waals surface area contributed by atoms with Crippen molar-refractivity contribution in [3.8, 4) is 0 Å². The number of carbonyl (C=O) groups is 2. The van der Waals surface area contributed by atoms with Crippen molar-refractivity contribution in [1.82, 2.24) is 10.3 Å². The van der Waals surface area contributed by atoms with Crippen LogP contribution in [-0.2, 0) is 10.4 Å². The van der Waals surface area contributed by atoms with Crippen LogP contribution < -0.4 is 10.2 Å². The van der Waals surface area contributed by atoms with Gasteiger partial charge in [-0.1, -0.05) is 54.1 Å². The Kier molecular flexibility index (Phi) is 7.56. The van der Waals surface area contributed by atoms with Crippen LogP contribution in [0.25, 0.3) is 0 Å². The first-order chi connectivity index (χ1) is 17.7. The number of carboxylic acids is 1. The Balaban J connectivity index is 1.74. The highest BCUT2D eigenvalue weighted by Gasteiger charge is 2.44. The molecule has 0 bridgehead atoms. The van der Waals surface area contributed by atoms with Gasteiger partial charge in [-0.3, -0.25) is 14.9 Å².